The summed E-state index contributed by atoms with van der Waals surface area (Å²) in [5.41, 5.74) is 0.889. The molecule has 0 aliphatic carbocycles. The van der Waals surface area contributed by atoms with Gasteiger partial charge in [0, 0.05) is 22.2 Å². The lowest BCUT2D eigenvalue weighted by Crippen LogP contribution is -2.32. The molecule has 1 aromatic carbocycles. The lowest BCUT2D eigenvalue weighted by molar-refractivity contribution is 0.0784. The standard InChI is InChI=1S/C13H17Cl2NO.ClH/c14-12-4-1-5-13(15)11(12)9-17-8-10-3-2-6-16-7-10;/h1,4-5,10,16H,2-3,6-9H2;1H. The molecule has 0 saturated carbocycles. The van der Waals surface area contributed by atoms with Crippen molar-refractivity contribution in [3.05, 3.63) is 33.8 Å². The Labute approximate surface area is 124 Å². The maximum Gasteiger partial charge on any atom is 0.0746 e. The van der Waals surface area contributed by atoms with Gasteiger partial charge in [0.25, 0.3) is 0 Å². The van der Waals surface area contributed by atoms with Gasteiger partial charge in [-0.2, -0.15) is 0 Å². The highest BCUT2D eigenvalue weighted by Crippen LogP contribution is 2.25. The quantitative estimate of drug-likeness (QED) is 0.910. The number of ether oxygens (including phenoxy) is 1. The first kappa shape index (κ1) is 16.1. The van der Waals surface area contributed by atoms with Crippen LogP contribution in [0.3, 0.4) is 0 Å². The first-order valence-electron chi connectivity index (χ1n) is 5.98. The number of halogens is 3. The van der Waals surface area contributed by atoms with E-state index in [0.29, 0.717) is 22.6 Å². The molecule has 0 amide bonds. The van der Waals surface area contributed by atoms with E-state index in [4.69, 9.17) is 27.9 Å². The average Bonchev–Trinajstić information content (AvgIpc) is 2.34. The van der Waals surface area contributed by atoms with E-state index in [-0.39, 0.29) is 12.4 Å². The summed E-state index contributed by atoms with van der Waals surface area (Å²) in [5, 5.41) is 4.73. The zero-order valence-corrected chi connectivity index (χ0v) is 12.5. The Kier molecular flexibility index (Phi) is 7.35. The summed E-state index contributed by atoms with van der Waals surface area (Å²) in [5.74, 6) is 0.616. The molecule has 1 aromatic rings. The Hall–Kier alpha value is 0.01000. The molecule has 1 saturated heterocycles. The van der Waals surface area contributed by atoms with E-state index in [1.165, 1.54) is 12.8 Å². The van der Waals surface area contributed by atoms with E-state index < -0.39 is 0 Å². The molecule has 1 atom stereocenters. The Balaban J connectivity index is 0.00000162. The molecular weight excluding hydrogens is 293 g/mol. The largest absolute Gasteiger partial charge is 0.376 e. The average molecular weight is 311 g/mol. The maximum absolute atomic E-state index is 6.07. The molecule has 1 unspecified atom stereocenters. The zero-order valence-electron chi connectivity index (χ0n) is 10.1. The van der Waals surface area contributed by atoms with E-state index >= 15 is 0 Å². The van der Waals surface area contributed by atoms with E-state index in [1.54, 1.807) is 0 Å². The minimum atomic E-state index is 0. The van der Waals surface area contributed by atoms with E-state index in [0.717, 1.165) is 25.3 Å². The Morgan fingerprint density at radius 3 is 2.61 bits per heavy atom. The molecule has 2 nitrogen and oxygen atoms in total. The van der Waals surface area contributed by atoms with Gasteiger partial charge in [0.2, 0.25) is 0 Å². The second kappa shape index (κ2) is 8.23. The predicted octanol–water partition coefficient (Wildman–Crippen LogP) is 3.93. The van der Waals surface area contributed by atoms with Crippen molar-refractivity contribution in [2.24, 2.45) is 5.92 Å². The number of piperidine rings is 1. The second-order valence-corrected chi connectivity index (χ2v) is 5.24. The molecule has 1 N–H and O–H groups in total. The van der Waals surface area contributed by atoms with Crippen molar-refractivity contribution >= 4 is 35.6 Å². The highest BCUT2D eigenvalue weighted by Gasteiger charge is 2.13. The van der Waals surface area contributed by atoms with Crippen LogP contribution < -0.4 is 5.32 Å². The maximum atomic E-state index is 6.07. The number of nitrogens with one attached hydrogen (secondary N) is 1. The van der Waals surface area contributed by atoms with Crippen LogP contribution in [0.4, 0.5) is 0 Å². The van der Waals surface area contributed by atoms with Crippen molar-refractivity contribution < 1.29 is 4.74 Å². The highest BCUT2D eigenvalue weighted by atomic mass is 35.5. The fourth-order valence-electron chi connectivity index (χ4n) is 2.06. The summed E-state index contributed by atoms with van der Waals surface area (Å²) in [6.07, 6.45) is 2.48. The zero-order chi connectivity index (χ0) is 12.1. The molecule has 0 aromatic heterocycles. The van der Waals surface area contributed by atoms with Gasteiger partial charge in [0.1, 0.15) is 0 Å². The molecule has 1 aliphatic rings. The van der Waals surface area contributed by atoms with Crippen molar-refractivity contribution in [1.82, 2.24) is 5.32 Å². The van der Waals surface area contributed by atoms with Crippen LogP contribution in [-0.4, -0.2) is 19.7 Å². The molecule has 1 aliphatic heterocycles. The molecule has 1 fully saturated rings. The fraction of sp³-hybridized carbons (Fsp3) is 0.538. The third-order valence-corrected chi connectivity index (χ3v) is 3.77. The summed E-state index contributed by atoms with van der Waals surface area (Å²) >= 11 is 12.1. The molecule has 0 bridgehead atoms. The van der Waals surface area contributed by atoms with Gasteiger partial charge in [-0.15, -0.1) is 12.4 Å². The van der Waals surface area contributed by atoms with Crippen molar-refractivity contribution in [3.8, 4) is 0 Å². The Bertz CT molecular complexity index is 347. The molecule has 0 radical (unpaired) electrons. The number of hydrogen-bond donors (Lipinski definition) is 1. The fourth-order valence-corrected chi connectivity index (χ4v) is 2.57. The van der Waals surface area contributed by atoms with Gasteiger partial charge in [-0.05, 0) is 37.4 Å². The van der Waals surface area contributed by atoms with Crippen LogP contribution in [0.25, 0.3) is 0 Å². The number of benzene rings is 1. The number of hydrogen-bond acceptors (Lipinski definition) is 2. The van der Waals surface area contributed by atoms with Gasteiger partial charge in [-0.3, -0.25) is 0 Å². The summed E-state index contributed by atoms with van der Waals surface area (Å²) in [6, 6.07) is 5.53. The Morgan fingerprint density at radius 1 is 1.28 bits per heavy atom. The molecule has 2 rings (SSSR count). The highest BCUT2D eigenvalue weighted by molar-refractivity contribution is 6.35. The van der Waals surface area contributed by atoms with Gasteiger partial charge >= 0.3 is 0 Å². The van der Waals surface area contributed by atoms with Crippen LogP contribution in [0, 0.1) is 5.92 Å². The van der Waals surface area contributed by atoms with Gasteiger partial charge in [0.05, 0.1) is 13.2 Å². The normalized spacial score (nSPS) is 19.3. The second-order valence-electron chi connectivity index (χ2n) is 4.43. The predicted molar refractivity (Wildman–Crippen MR) is 79.0 cm³/mol. The van der Waals surface area contributed by atoms with Crippen molar-refractivity contribution in [1.29, 1.82) is 0 Å². The third-order valence-electron chi connectivity index (χ3n) is 3.06. The molecule has 5 heteroatoms. The molecule has 102 valence electrons. The lowest BCUT2D eigenvalue weighted by Gasteiger charge is -2.22. The first-order valence-corrected chi connectivity index (χ1v) is 6.74. The molecule has 0 spiro atoms. The van der Waals surface area contributed by atoms with Crippen molar-refractivity contribution in [2.75, 3.05) is 19.7 Å². The van der Waals surface area contributed by atoms with Crippen molar-refractivity contribution in [3.63, 3.8) is 0 Å². The van der Waals surface area contributed by atoms with Crippen LogP contribution in [-0.2, 0) is 11.3 Å². The van der Waals surface area contributed by atoms with Gasteiger partial charge < -0.3 is 10.1 Å². The summed E-state index contributed by atoms with van der Waals surface area (Å²) in [7, 11) is 0. The smallest absolute Gasteiger partial charge is 0.0746 e. The lowest BCUT2D eigenvalue weighted by atomic mass is 10.0. The van der Waals surface area contributed by atoms with E-state index in [1.807, 2.05) is 18.2 Å². The van der Waals surface area contributed by atoms with E-state index in [2.05, 4.69) is 5.32 Å². The first-order chi connectivity index (χ1) is 8.27. The van der Waals surface area contributed by atoms with Gasteiger partial charge in [-0.25, -0.2) is 0 Å². The summed E-state index contributed by atoms with van der Waals surface area (Å²) < 4.78 is 5.71. The van der Waals surface area contributed by atoms with E-state index in [9.17, 15) is 0 Å². The Morgan fingerprint density at radius 2 is 2.00 bits per heavy atom. The monoisotopic (exact) mass is 309 g/mol. The SMILES string of the molecule is Cl.Clc1cccc(Cl)c1COCC1CCCNC1. The van der Waals surface area contributed by atoms with Gasteiger partial charge in [-0.1, -0.05) is 29.3 Å². The topological polar surface area (TPSA) is 21.3 Å². The minimum absolute atomic E-state index is 0. The summed E-state index contributed by atoms with van der Waals surface area (Å²) in [4.78, 5) is 0. The van der Waals surface area contributed by atoms with Crippen LogP contribution in [0.15, 0.2) is 18.2 Å². The van der Waals surface area contributed by atoms with Crippen LogP contribution in [0.5, 0.6) is 0 Å². The molecule has 1 heterocycles. The third kappa shape index (κ3) is 4.60. The minimum Gasteiger partial charge on any atom is -0.376 e. The van der Waals surface area contributed by atoms with Crippen molar-refractivity contribution in [2.45, 2.75) is 19.4 Å². The van der Waals surface area contributed by atoms with Crippen LogP contribution in [0.1, 0.15) is 18.4 Å². The van der Waals surface area contributed by atoms with Crippen LogP contribution in [0.2, 0.25) is 10.0 Å². The molecular formula is C13H18Cl3NO. The van der Waals surface area contributed by atoms with Gasteiger partial charge in [0.15, 0.2) is 0 Å². The van der Waals surface area contributed by atoms with Crippen LogP contribution >= 0.6 is 35.6 Å². The summed E-state index contributed by atoms with van der Waals surface area (Å²) in [6.45, 7) is 3.45. The number of rotatable bonds is 4. The molecule has 18 heavy (non-hydrogen) atoms.